The minimum Gasteiger partial charge on any atom is -0.488 e. The third-order valence-electron chi connectivity index (χ3n) is 3.19. The maximum atomic E-state index is 13.4. The molecule has 0 spiro atoms. The smallest absolute Gasteiger partial charge is 0.231 e. The number of hydrogen-bond donors (Lipinski definition) is 1. The summed E-state index contributed by atoms with van der Waals surface area (Å²) in [5.74, 6) is 1.35. The van der Waals surface area contributed by atoms with Crippen LogP contribution in [0.1, 0.15) is 11.1 Å². The van der Waals surface area contributed by atoms with E-state index in [1.165, 1.54) is 6.07 Å². The quantitative estimate of drug-likeness (QED) is 0.942. The lowest BCUT2D eigenvalue weighted by Crippen LogP contribution is -2.03. The Kier molecular flexibility index (Phi) is 3.86. The molecule has 0 aromatic heterocycles. The Hall–Kier alpha value is -1.98. The molecule has 0 unspecified atom stereocenters. The van der Waals surface area contributed by atoms with E-state index in [0.717, 1.165) is 5.56 Å². The molecule has 3 rings (SSSR count). The molecule has 0 fully saturated rings. The lowest BCUT2D eigenvalue weighted by atomic mass is 10.1. The molecular weight excluding hydrogens is 297 g/mol. The van der Waals surface area contributed by atoms with Crippen LogP contribution in [-0.4, -0.2) is 6.79 Å². The standard InChI is InChI=1S/C15H13ClFNO3/c16-15-9(2-1-3-11(15)17)7-19-12-5-14-13(20-8-21-14)4-10(12)6-18/h1-5H,6-8,18H2. The Morgan fingerprint density at radius 3 is 2.71 bits per heavy atom. The van der Waals surface area contributed by atoms with E-state index >= 15 is 0 Å². The third-order valence-corrected chi connectivity index (χ3v) is 3.61. The van der Waals surface area contributed by atoms with Crippen LogP contribution in [0.25, 0.3) is 0 Å². The summed E-state index contributed by atoms with van der Waals surface area (Å²) in [6, 6.07) is 8.10. The first-order valence-electron chi connectivity index (χ1n) is 6.37. The molecular formula is C15H13ClFNO3. The monoisotopic (exact) mass is 309 g/mol. The van der Waals surface area contributed by atoms with Crippen LogP contribution >= 0.6 is 11.6 Å². The third kappa shape index (κ3) is 2.75. The summed E-state index contributed by atoms with van der Waals surface area (Å²) < 4.78 is 29.7. The molecule has 0 aliphatic carbocycles. The van der Waals surface area contributed by atoms with Crippen molar-refractivity contribution in [3.8, 4) is 17.2 Å². The molecule has 0 saturated heterocycles. The van der Waals surface area contributed by atoms with Gasteiger partial charge in [0.05, 0.1) is 5.02 Å². The molecule has 0 atom stereocenters. The molecule has 0 bridgehead atoms. The van der Waals surface area contributed by atoms with Gasteiger partial charge < -0.3 is 19.9 Å². The van der Waals surface area contributed by atoms with Crippen LogP contribution < -0.4 is 19.9 Å². The zero-order valence-electron chi connectivity index (χ0n) is 11.1. The lowest BCUT2D eigenvalue weighted by Gasteiger charge is -2.12. The van der Waals surface area contributed by atoms with Crippen LogP contribution in [0.2, 0.25) is 5.02 Å². The fraction of sp³-hybridized carbons (Fsp3) is 0.200. The van der Waals surface area contributed by atoms with Gasteiger partial charge in [0.2, 0.25) is 6.79 Å². The molecule has 1 aliphatic rings. The summed E-state index contributed by atoms with van der Waals surface area (Å²) in [4.78, 5) is 0. The number of rotatable bonds is 4. The number of nitrogens with two attached hydrogens (primary N) is 1. The average molecular weight is 310 g/mol. The van der Waals surface area contributed by atoms with Crippen molar-refractivity contribution in [3.63, 3.8) is 0 Å². The number of fused-ring (bicyclic) bond motifs is 1. The second-order valence-electron chi connectivity index (χ2n) is 4.52. The van der Waals surface area contributed by atoms with Gasteiger partial charge in [-0.05, 0) is 12.1 Å². The molecule has 2 aromatic carbocycles. The highest BCUT2D eigenvalue weighted by molar-refractivity contribution is 6.31. The Morgan fingerprint density at radius 2 is 1.95 bits per heavy atom. The van der Waals surface area contributed by atoms with Crippen molar-refractivity contribution in [2.24, 2.45) is 5.73 Å². The normalized spacial score (nSPS) is 12.5. The molecule has 110 valence electrons. The van der Waals surface area contributed by atoms with Gasteiger partial charge in [-0.3, -0.25) is 0 Å². The SMILES string of the molecule is NCc1cc2c(cc1OCc1cccc(F)c1Cl)OCO2. The van der Waals surface area contributed by atoms with Gasteiger partial charge in [-0.1, -0.05) is 23.7 Å². The van der Waals surface area contributed by atoms with E-state index < -0.39 is 5.82 Å². The highest BCUT2D eigenvalue weighted by Crippen LogP contribution is 2.38. The van der Waals surface area contributed by atoms with Crippen LogP contribution in [0.3, 0.4) is 0 Å². The van der Waals surface area contributed by atoms with Crippen LogP contribution in [0.4, 0.5) is 4.39 Å². The molecule has 21 heavy (non-hydrogen) atoms. The van der Waals surface area contributed by atoms with Gasteiger partial charge in [-0.25, -0.2) is 4.39 Å². The predicted molar refractivity (Wildman–Crippen MR) is 76.2 cm³/mol. The molecule has 6 heteroatoms. The van der Waals surface area contributed by atoms with Crippen molar-refractivity contribution in [3.05, 3.63) is 52.3 Å². The Morgan fingerprint density at radius 1 is 1.19 bits per heavy atom. The van der Waals surface area contributed by atoms with Gasteiger partial charge in [0, 0.05) is 23.7 Å². The summed E-state index contributed by atoms with van der Waals surface area (Å²) in [5, 5.41) is 0.0625. The van der Waals surface area contributed by atoms with Crippen molar-refractivity contribution >= 4 is 11.6 Å². The number of ether oxygens (including phenoxy) is 3. The topological polar surface area (TPSA) is 53.7 Å². The van der Waals surface area contributed by atoms with E-state index in [-0.39, 0.29) is 18.4 Å². The minimum absolute atomic E-state index is 0.0625. The minimum atomic E-state index is -0.470. The Bertz CT molecular complexity index is 678. The van der Waals surface area contributed by atoms with E-state index in [4.69, 9.17) is 31.5 Å². The van der Waals surface area contributed by atoms with Crippen LogP contribution in [0, 0.1) is 5.82 Å². The van der Waals surface area contributed by atoms with Crippen molar-refractivity contribution < 1.29 is 18.6 Å². The van der Waals surface area contributed by atoms with E-state index in [1.54, 1.807) is 24.3 Å². The van der Waals surface area contributed by atoms with Crippen molar-refractivity contribution in [2.75, 3.05) is 6.79 Å². The van der Waals surface area contributed by atoms with Gasteiger partial charge in [0.25, 0.3) is 0 Å². The fourth-order valence-electron chi connectivity index (χ4n) is 2.07. The van der Waals surface area contributed by atoms with Crippen LogP contribution in [0.15, 0.2) is 30.3 Å². The van der Waals surface area contributed by atoms with Gasteiger partial charge in [-0.2, -0.15) is 0 Å². The van der Waals surface area contributed by atoms with E-state index in [0.29, 0.717) is 29.4 Å². The fourth-order valence-corrected chi connectivity index (χ4v) is 2.26. The van der Waals surface area contributed by atoms with Gasteiger partial charge in [0.1, 0.15) is 18.2 Å². The van der Waals surface area contributed by atoms with Crippen LogP contribution in [0.5, 0.6) is 17.2 Å². The molecule has 0 saturated carbocycles. The van der Waals surface area contributed by atoms with Gasteiger partial charge >= 0.3 is 0 Å². The molecule has 1 heterocycles. The largest absolute Gasteiger partial charge is 0.488 e. The second-order valence-corrected chi connectivity index (χ2v) is 4.90. The zero-order chi connectivity index (χ0) is 14.8. The van der Waals surface area contributed by atoms with Gasteiger partial charge in [0.15, 0.2) is 11.5 Å². The first kappa shape index (κ1) is 14.0. The van der Waals surface area contributed by atoms with E-state index in [9.17, 15) is 4.39 Å². The lowest BCUT2D eigenvalue weighted by molar-refractivity contribution is 0.173. The molecule has 0 radical (unpaired) electrons. The van der Waals surface area contributed by atoms with E-state index in [1.807, 2.05) is 0 Å². The van der Waals surface area contributed by atoms with Crippen molar-refractivity contribution in [1.82, 2.24) is 0 Å². The number of benzene rings is 2. The highest BCUT2D eigenvalue weighted by atomic mass is 35.5. The molecule has 1 aliphatic heterocycles. The Labute approximate surface area is 126 Å². The second kappa shape index (κ2) is 5.79. The first-order chi connectivity index (χ1) is 10.2. The summed E-state index contributed by atoms with van der Waals surface area (Å²) in [6.45, 7) is 0.616. The summed E-state index contributed by atoms with van der Waals surface area (Å²) in [5.41, 5.74) is 7.06. The van der Waals surface area contributed by atoms with Crippen molar-refractivity contribution in [1.29, 1.82) is 0 Å². The average Bonchev–Trinajstić information content (AvgIpc) is 2.95. The molecule has 0 amide bonds. The molecule has 4 nitrogen and oxygen atoms in total. The van der Waals surface area contributed by atoms with Gasteiger partial charge in [-0.15, -0.1) is 0 Å². The first-order valence-corrected chi connectivity index (χ1v) is 6.75. The molecule has 2 aromatic rings. The maximum absolute atomic E-state index is 13.4. The van der Waals surface area contributed by atoms with Crippen LogP contribution in [-0.2, 0) is 13.2 Å². The van der Waals surface area contributed by atoms with E-state index in [2.05, 4.69) is 0 Å². The maximum Gasteiger partial charge on any atom is 0.231 e. The predicted octanol–water partition coefficient (Wildman–Crippen LogP) is 3.25. The summed E-state index contributed by atoms with van der Waals surface area (Å²) >= 11 is 5.90. The van der Waals surface area contributed by atoms with Crippen molar-refractivity contribution in [2.45, 2.75) is 13.2 Å². The number of hydrogen-bond acceptors (Lipinski definition) is 4. The Balaban J connectivity index is 1.83. The highest BCUT2D eigenvalue weighted by Gasteiger charge is 2.18. The molecule has 2 N–H and O–H groups in total. The number of halogens is 2. The summed E-state index contributed by atoms with van der Waals surface area (Å²) in [7, 11) is 0. The summed E-state index contributed by atoms with van der Waals surface area (Å²) in [6.07, 6.45) is 0. The zero-order valence-corrected chi connectivity index (χ0v) is 11.8.